The van der Waals surface area contributed by atoms with Gasteiger partial charge in [0.05, 0.1) is 12.7 Å². The van der Waals surface area contributed by atoms with Crippen LogP contribution in [0.1, 0.15) is 29.6 Å². The second kappa shape index (κ2) is 5.81. The Labute approximate surface area is 116 Å². The number of phenolic OH excluding ortho intramolecular Hbond substituents is 2. The molecule has 1 heterocycles. The highest BCUT2D eigenvalue weighted by atomic mass is 16.5. The number of aromatic hydroxyl groups is 2. The molecule has 6 nitrogen and oxygen atoms in total. The van der Waals surface area contributed by atoms with Crippen LogP contribution in [-0.2, 0) is 9.53 Å². The summed E-state index contributed by atoms with van der Waals surface area (Å²) in [6.07, 6.45) is 2.17. The molecule has 108 valence electrons. The Kier molecular flexibility index (Phi) is 4.12. The van der Waals surface area contributed by atoms with Crippen LogP contribution in [0, 0.1) is 0 Å². The Balaban J connectivity index is 2.30. The molecule has 0 radical (unpaired) electrons. The van der Waals surface area contributed by atoms with Gasteiger partial charge >= 0.3 is 5.97 Å². The van der Waals surface area contributed by atoms with E-state index in [1.807, 2.05) is 0 Å². The normalized spacial score (nSPS) is 18.6. The fraction of sp³-hybridized carbons (Fsp3) is 0.429. The molecule has 0 bridgehead atoms. The summed E-state index contributed by atoms with van der Waals surface area (Å²) in [5, 5.41) is 19.2. The third-order valence-electron chi connectivity index (χ3n) is 3.45. The number of benzene rings is 1. The molecule has 1 aromatic rings. The van der Waals surface area contributed by atoms with Crippen molar-refractivity contribution in [2.45, 2.75) is 25.3 Å². The summed E-state index contributed by atoms with van der Waals surface area (Å²) in [5.41, 5.74) is -0.0131. The molecule has 1 aliphatic rings. The maximum atomic E-state index is 12.5. The fourth-order valence-corrected chi connectivity index (χ4v) is 2.41. The fourth-order valence-electron chi connectivity index (χ4n) is 2.41. The first-order valence-corrected chi connectivity index (χ1v) is 6.45. The zero-order chi connectivity index (χ0) is 14.7. The predicted octanol–water partition coefficient (Wildman–Crippen LogP) is 1.27. The van der Waals surface area contributed by atoms with Crippen LogP contribution in [0.15, 0.2) is 18.2 Å². The summed E-state index contributed by atoms with van der Waals surface area (Å²) < 4.78 is 4.72. The Hall–Kier alpha value is -2.24. The van der Waals surface area contributed by atoms with Gasteiger partial charge in [0.1, 0.15) is 17.5 Å². The van der Waals surface area contributed by atoms with Crippen LogP contribution in [0.3, 0.4) is 0 Å². The molecule has 0 saturated carbocycles. The number of esters is 1. The monoisotopic (exact) mass is 279 g/mol. The zero-order valence-electron chi connectivity index (χ0n) is 11.2. The second-order valence-electron chi connectivity index (χ2n) is 4.73. The van der Waals surface area contributed by atoms with E-state index in [2.05, 4.69) is 0 Å². The predicted molar refractivity (Wildman–Crippen MR) is 70.5 cm³/mol. The summed E-state index contributed by atoms with van der Waals surface area (Å²) in [5.74, 6) is -1.27. The van der Waals surface area contributed by atoms with Crippen molar-refractivity contribution in [1.82, 2.24) is 4.90 Å². The van der Waals surface area contributed by atoms with Crippen LogP contribution in [0.5, 0.6) is 11.5 Å². The molecule has 2 rings (SSSR count). The number of rotatable bonds is 2. The molecule has 1 atom stereocenters. The first-order chi connectivity index (χ1) is 9.54. The van der Waals surface area contributed by atoms with Crippen LogP contribution in [0.25, 0.3) is 0 Å². The standard InChI is InChI=1S/C14H17NO5/c1-20-14(19)11-4-2-3-7-15(11)13(18)10-8-9(16)5-6-12(10)17/h5-6,8,11,16-17H,2-4,7H2,1H3. The Morgan fingerprint density at radius 2 is 2.05 bits per heavy atom. The van der Waals surface area contributed by atoms with Crippen molar-refractivity contribution >= 4 is 11.9 Å². The van der Waals surface area contributed by atoms with Gasteiger partial charge in [-0.1, -0.05) is 0 Å². The minimum absolute atomic E-state index is 0.0131. The van der Waals surface area contributed by atoms with E-state index in [0.29, 0.717) is 13.0 Å². The number of amides is 1. The van der Waals surface area contributed by atoms with E-state index in [9.17, 15) is 19.8 Å². The Morgan fingerprint density at radius 1 is 1.30 bits per heavy atom. The first kappa shape index (κ1) is 14.2. The number of methoxy groups -OCH3 is 1. The largest absolute Gasteiger partial charge is 0.508 e. The molecule has 1 unspecified atom stereocenters. The van der Waals surface area contributed by atoms with E-state index >= 15 is 0 Å². The van der Waals surface area contributed by atoms with E-state index in [1.165, 1.54) is 30.2 Å². The van der Waals surface area contributed by atoms with Crippen molar-refractivity contribution in [3.05, 3.63) is 23.8 Å². The van der Waals surface area contributed by atoms with Crippen LogP contribution in [-0.4, -0.2) is 46.7 Å². The topological polar surface area (TPSA) is 87.1 Å². The van der Waals surface area contributed by atoms with E-state index < -0.39 is 17.9 Å². The Morgan fingerprint density at radius 3 is 2.75 bits per heavy atom. The number of hydrogen-bond acceptors (Lipinski definition) is 5. The number of piperidine rings is 1. The van der Waals surface area contributed by atoms with Crippen molar-refractivity contribution in [1.29, 1.82) is 0 Å². The molecule has 20 heavy (non-hydrogen) atoms. The first-order valence-electron chi connectivity index (χ1n) is 6.45. The Bertz CT molecular complexity index is 528. The highest BCUT2D eigenvalue weighted by Gasteiger charge is 2.34. The van der Waals surface area contributed by atoms with Gasteiger partial charge in [0.2, 0.25) is 0 Å². The van der Waals surface area contributed by atoms with Crippen LogP contribution < -0.4 is 0 Å². The van der Waals surface area contributed by atoms with E-state index in [4.69, 9.17) is 4.74 Å². The molecule has 6 heteroatoms. The van der Waals surface area contributed by atoms with E-state index in [0.717, 1.165) is 12.8 Å². The number of carbonyl (C=O) groups excluding carboxylic acids is 2. The molecule has 0 spiro atoms. The maximum Gasteiger partial charge on any atom is 0.328 e. The van der Waals surface area contributed by atoms with Gasteiger partial charge < -0.3 is 19.8 Å². The number of carbonyl (C=O) groups is 2. The summed E-state index contributed by atoms with van der Waals surface area (Å²) in [7, 11) is 1.28. The minimum atomic E-state index is -0.636. The van der Waals surface area contributed by atoms with Crippen molar-refractivity contribution in [2.75, 3.05) is 13.7 Å². The smallest absolute Gasteiger partial charge is 0.328 e. The molecule has 2 N–H and O–H groups in total. The van der Waals surface area contributed by atoms with E-state index in [1.54, 1.807) is 0 Å². The molecule has 1 saturated heterocycles. The maximum absolute atomic E-state index is 12.5. The quantitative estimate of drug-likeness (QED) is 0.628. The van der Waals surface area contributed by atoms with Gasteiger partial charge in [0.15, 0.2) is 0 Å². The third-order valence-corrected chi connectivity index (χ3v) is 3.45. The lowest BCUT2D eigenvalue weighted by Crippen LogP contribution is -2.48. The van der Waals surface area contributed by atoms with Gasteiger partial charge in [-0.3, -0.25) is 4.79 Å². The summed E-state index contributed by atoms with van der Waals surface area (Å²) >= 11 is 0. The van der Waals surface area contributed by atoms with Crippen LogP contribution in [0.2, 0.25) is 0 Å². The average Bonchev–Trinajstić information content (AvgIpc) is 2.48. The highest BCUT2D eigenvalue weighted by molar-refractivity contribution is 5.99. The third kappa shape index (κ3) is 2.68. The van der Waals surface area contributed by atoms with Gasteiger partial charge in [-0.15, -0.1) is 0 Å². The molecule has 0 aliphatic carbocycles. The van der Waals surface area contributed by atoms with Gasteiger partial charge in [-0.25, -0.2) is 4.79 Å². The van der Waals surface area contributed by atoms with Gasteiger partial charge in [-0.2, -0.15) is 0 Å². The van der Waals surface area contributed by atoms with Crippen molar-refractivity contribution < 1.29 is 24.5 Å². The number of phenols is 2. The number of hydrogen-bond donors (Lipinski definition) is 2. The number of likely N-dealkylation sites (tertiary alicyclic amines) is 1. The van der Waals surface area contributed by atoms with Gasteiger partial charge in [0, 0.05) is 6.54 Å². The van der Waals surface area contributed by atoms with Gasteiger partial charge in [0.25, 0.3) is 5.91 Å². The molecule has 1 amide bonds. The lowest BCUT2D eigenvalue weighted by molar-refractivity contribution is -0.147. The highest BCUT2D eigenvalue weighted by Crippen LogP contribution is 2.27. The van der Waals surface area contributed by atoms with Gasteiger partial charge in [-0.05, 0) is 37.5 Å². The van der Waals surface area contributed by atoms with Crippen molar-refractivity contribution in [3.8, 4) is 11.5 Å². The lowest BCUT2D eigenvalue weighted by atomic mass is 10.0. The van der Waals surface area contributed by atoms with E-state index in [-0.39, 0.29) is 17.1 Å². The summed E-state index contributed by atoms with van der Waals surface area (Å²) in [6.45, 7) is 0.424. The van der Waals surface area contributed by atoms with Crippen LogP contribution >= 0.6 is 0 Å². The lowest BCUT2D eigenvalue weighted by Gasteiger charge is -2.33. The number of ether oxygens (including phenoxy) is 1. The zero-order valence-corrected chi connectivity index (χ0v) is 11.2. The molecular weight excluding hydrogens is 262 g/mol. The molecular formula is C14H17NO5. The minimum Gasteiger partial charge on any atom is -0.508 e. The second-order valence-corrected chi connectivity index (χ2v) is 4.73. The summed E-state index contributed by atoms with van der Waals surface area (Å²) in [6, 6.07) is 3.10. The SMILES string of the molecule is COC(=O)C1CCCCN1C(=O)c1cc(O)ccc1O. The molecule has 1 aromatic carbocycles. The van der Waals surface area contributed by atoms with Crippen molar-refractivity contribution in [2.24, 2.45) is 0 Å². The van der Waals surface area contributed by atoms with Crippen molar-refractivity contribution in [3.63, 3.8) is 0 Å². The summed E-state index contributed by atoms with van der Waals surface area (Å²) in [4.78, 5) is 25.6. The molecule has 1 aliphatic heterocycles. The average molecular weight is 279 g/mol. The van der Waals surface area contributed by atoms with Crippen LogP contribution in [0.4, 0.5) is 0 Å². The number of nitrogens with zero attached hydrogens (tertiary/aromatic N) is 1. The molecule has 1 fully saturated rings. The molecule has 0 aromatic heterocycles.